The van der Waals surface area contributed by atoms with Gasteiger partial charge in [0, 0.05) is 20.3 Å². The normalized spacial score (nSPS) is 10.7. The fourth-order valence-electron chi connectivity index (χ4n) is 1.68. The molecule has 1 aromatic rings. The molecule has 0 spiro atoms. The first-order chi connectivity index (χ1) is 9.65. The molecule has 0 atom stereocenters. The summed E-state index contributed by atoms with van der Waals surface area (Å²) in [5, 5.41) is 8.88. The number of carbonyl (C=O) groups is 1. The average Bonchev–Trinajstić information content (AvgIpc) is 2.43. The summed E-state index contributed by atoms with van der Waals surface area (Å²) in [7, 11) is 1.64. The van der Waals surface area contributed by atoms with E-state index in [-0.39, 0.29) is 0 Å². The van der Waals surface area contributed by atoms with Crippen molar-refractivity contribution in [2.24, 2.45) is 0 Å². The van der Waals surface area contributed by atoms with Gasteiger partial charge in [0.05, 0.1) is 25.4 Å². The van der Waals surface area contributed by atoms with Gasteiger partial charge < -0.3 is 19.3 Å². The van der Waals surface area contributed by atoms with Gasteiger partial charge >= 0.3 is 5.97 Å². The monoisotopic (exact) mass is 282 g/mol. The Morgan fingerprint density at radius 3 is 2.55 bits per heavy atom. The molecule has 0 unspecified atom stereocenters. The van der Waals surface area contributed by atoms with E-state index in [9.17, 15) is 4.79 Å². The van der Waals surface area contributed by atoms with Gasteiger partial charge in [-0.15, -0.1) is 0 Å². The van der Waals surface area contributed by atoms with Crippen LogP contribution in [0.4, 0.5) is 0 Å². The summed E-state index contributed by atoms with van der Waals surface area (Å²) in [6.45, 7) is 4.86. The fourth-order valence-corrected chi connectivity index (χ4v) is 1.68. The van der Waals surface area contributed by atoms with E-state index in [0.717, 1.165) is 17.5 Å². The second-order valence-electron chi connectivity index (χ2n) is 4.46. The molecule has 5 heteroatoms. The van der Waals surface area contributed by atoms with Gasteiger partial charge in [-0.3, -0.25) is 0 Å². The van der Waals surface area contributed by atoms with E-state index in [4.69, 9.17) is 19.3 Å². The van der Waals surface area contributed by atoms with Gasteiger partial charge in [0.15, 0.2) is 0 Å². The van der Waals surface area contributed by atoms with E-state index in [0.29, 0.717) is 38.6 Å². The smallest absolute Gasteiger partial charge is 0.335 e. The van der Waals surface area contributed by atoms with E-state index in [2.05, 4.69) is 0 Å². The summed E-state index contributed by atoms with van der Waals surface area (Å²) in [5.74, 6) is -0.909. The Morgan fingerprint density at radius 2 is 1.90 bits per heavy atom. The van der Waals surface area contributed by atoms with Crippen LogP contribution in [0, 0.1) is 6.92 Å². The third-order valence-electron chi connectivity index (χ3n) is 2.86. The highest BCUT2D eigenvalue weighted by Crippen LogP contribution is 2.12. The maximum absolute atomic E-state index is 10.8. The summed E-state index contributed by atoms with van der Waals surface area (Å²) in [5.41, 5.74) is 2.24. The quantitative estimate of drug-likeness (QED) is 0.667. The molecule has 1 N–H and O–H groups in total. The predicted octanol–water partition coefficient (Wildman–Crippen LogP) is 2.26. The van der Waals surface area contributed by atoms with E-state index < -0.39 is 5.97 Å². The molecule has 0 radical (unpaired) electrons. The van der Waals surface area contributed by atoms with Crippen LogP contribution in [0.15, 0.2) is 18.2 Å². The van der Waals surface area contributed by atoms with Gasteiger partial charge in [-0.05, 0) is 36.6 Å². The molecular weight excluding hydrogens is 260 g/mol. The lowest BCUT2D eigenvalue weighted by molar-refractivity contribution is 0.0482. The Morgan fingerprint density at radius 1 is 1.15 bits per heavy atom. The molecule has 0 fully saturated rings. The molecule has 0 aromatic heterocycles. The molecule has 0 heterocycles. The van der Waals surface area contributed by atoms with Crippen molar-refractivity contribution in [1.29, 1.82) is 0 Å². The molecule has 0 aliphatic rings. The molecule has 0 amide bonds. The molecule has 0 bridgehead atoms. The summed E-state index contributed by atoms with van der Waals surface area (Å²) in [6, 6.07) is 5.06. The van der Waals surface area contributed by atoms with Crippen LogP contribution in [0.1, 0.15) is 27.9 Å². The van der Waals surface area contributed by atoms with E-state index in [1.165, 1.54) is 0 Å². The maximum atomic E-state index is 10.8. The number of ether oxygens (including phenoxy) is 3. The van der Waals surface area contributed by atoms with Crippen LogP contribution in [0.25, 0.3) is 0 Å². The third-order valence-corrected chi connectivity index (χ3v) is 2.86. The molecule has 0 aliphatic heterocycles. The van der Waals surface area contributed by atoms with Crippen LogP contribution in [0.5, 0.6) is 0 Å². The molecule has 0 saturated heterocycles. The molecule has 0 aliphatic carbocycles. The summed E-state index contributed by atoms with van der Waals surface area (Å²) in [6.07, 6.45) is 0.829. The Kier molecular flexibility index (Phi) is 7.87. The zero-order chi connectivity index (χ0) is 14.8. The van der Waals surface area contributed by atoms with Crippen LogP contribution in [-0.2, 0) is 20.8 Å². The van der Waals surface area contributed by atoms with Crippen molar-refractivity contribution in [3.05, 3.63) is 34.9 Å². The predicted molar refractivity (Wildman–Crippen MR) is 75.1 cm³/mol. The largest absolute Gasteiger partial charge is 0.478 e. The number of carboxylic acid groups (broad SMARTS) is 1. The molecule has 5 nitrogen and oxygen atoms in total. The molecule has 112 valence electrons. The van der Waals surface area contributed by atoms with Gasteiger partial charge in [0.1, 0.15) is 0 Å². The van der Waals surface area contributed by atoms with Gasteiger partial charge in [0.25, 0.3) is 0 Å². The van der Waals surface area contributed by atoms with Crippen molar-refractivity contribution in [3.8, 4) is 0 Å². The van der Waals surface area contributed by atoms with Crippen LogP contribution in [0.2, 0.25) is 0 Å². The van der Waals surface area contributed by atoms with E-state index in [1.807, 2.05) is 6.92 Å². The molecular formula is C15H22O5. The maximum Gasteiger partial charge on any atom is 0.335 e. The highest BCUT2D eigenvalue weighted by atomic mass is 16.5. The number of hydrogen-bond acceptors (Lipinski definition) is 4. The number of rotatable bonds is 10. The first-order valence-electron chi connectivity index (χ1n) is 6.62. The van der Waals surface area contributed by atoms with Crippen molar-refractivity contribution in [2.75, 3.05) is 33.5 Å². The minimum atomic E-state index is -0.909. The molecule has 1 aromatic carbocycles. The second-order valence-corrected chi connectivity index (χ2v) is 4.46. The number of hydrogen-bond donors (Lipinski definition) is 1. The molecule has 1 rings (SSSR count). The number of benzene rings is 1. The van der Waals surface area contributed by atoms with Gasteiger partial charge in [-0.2, -0.15) is 0 Å². The number of methoxy groups -OCH3 is 1. The Hall–Kier alpha value is -1.43. The average molecular weight is 282 g/mol. The Bertz CT molecular complexity index is 417. The van der Waals surface area contributed by atoms with Crippen molar-refractivity contribution in [1.82, 2.24) is 0 Å². The summed E-state index contributed by atoms with van der Waals surface area (Å²) >= 11 is 0. The van der Waals surface area contributed by atoms with Crippen molar-refractivity contribution in [3.63, 3.8) is 0 Å². The van der Waals surface area contributed by atoms with Gasteiger partial charge in [-0.25, -0.2) is 4.79 Å². The highest BCUT2D eigenvalue weighted by molar-refractivity contribution is 5.87. The highest BCUT2D eigenvalue weighted by Gasteiger charge is 2.05. The summed E-state index contributed by atoms with van der Waals surface area (Å²) < 4.78 is 15.7. The van der Waals surface area contributed by atoms with E-state index >= 15 is 0 Å². The standard InChI is InChI=1S/C15H22O5/c1-12-10-13(15(16)17)4-5-14(12)11-20-7-3-6-19-9-8-18-2/h4-5,10H,3,6-9,11H2,1-2H3,(H,16,17). The second kappa shape index (κ2) is 9.47. The molecule has 0 saturated carbocycles. The SMILES string of the molecule is COCCOCCCOCc1ccc(C(=O)O)cc1C. The third kappa shape index (κ3) is 6.14. The van der Waals surface area contributed by atoms with Crippen molar-refractivity contribution < 1.29 is 24.1 Å². The minimum Gasteiger partial charge on any atom is -0.478 e. The number of aromatic carboxylic acids is 1. The van der Waals surface area contributed by atoms with Gasteiger partial charge in [0.2, 0.25) is 0 Å². The van der Waals surface area contributed by atoms with Crippen LogP contribution >= 0.6 is 0 Å². The minimum absolute atomic E-state index is 0.304. The zero-order valence-corrected chi connectivity index (χ0v) is 12.1. The lowest BCUT2D eigenvalue weighted by Gasteiger charge is -2.08. The van der Waals surface area contributed by atoms with Crippen LogP contribution in [-0.4, -0.2) is 44.6 Å². The van der Waals surface area contributed by atoms with E-state index in [1.54, 1.807) is 25.3 Å². The first-order valence-corrected chi connectivity index (χ1v) is 6.62. The molecule has 20 heavy (non-hydrogen) atoms. The van der Waals surface area contributed by atoms with Crippen molar-refractivity contribution in [2.45, 2.75) is 20.0 Å². The fraction of sp³-hybridized carbons (Fsp3) is 0.533. The zero-order valence-electron chi connectivity index (χ0n) is 12.1. The summed E-state index contributed by atoms with van der Waals surface area (Å²) in [4.78, 5) is 10.8. The van der Waals surface area contributed by atoms with Crippen molar-refractivity contribution >= 4 is 5.97 Å². The Labute approximate surface area is 119 Å². The number of aryl methyl sites for hydroxylation is 1. The topological polar surface area (TPSA) is 65.0 Å². The lowest BCUT2D eigenvalue weighted by Crippen LogP contribution is -2.06. The van der Waals surface area contributed by atoms with Crippen LogP contribution < -0.4 is 0 Å². The lowest BCUT2D eigenvalue weighted by atomic mass is 10.1. The first kappa shape index (κ1) is 16.6. The van der Waals surface area contributed by atoms with Gasteiger partial charge in [-0.1, -0.05) is 6.07 Å². The Balaban J connectivity index is 2.20. The number of carboxylic acids is 1. The van der Waals surface area contributed by atoms with Crippen LogP contribution in [0.3, 0.4) is 0 Å².